The Balaban J connectivity index is 2.27. The van der Waals surface area contributed by atoms with Gasteiger partial charge in [0, 0.05) is 27.9 Å². The number of benzene rings is 1. The van der Waals surface area contributed by atoms with Crippen molar-refractivity contribution in [1.82, 2.24) is 9.97 Å². The van der Waals surface area contributed by atoms with Crippen LogP contribution in [0.5, 0.6) is 0 Å². The minimum Gasteiger partial charge on any atom is -0.343 e. The highest BCUT2D eigenvalue weighted by Gasteiger charge is 2.11. The average molecular weight is 269 g/mol. The largest absolute Gasteiger partial charge is 0.343 e. The SMILES string of the molecule is C=Cc1ccc(-c2c(C)[nH]c3ncccc23)cc1Cl. The third-order valence-electron chi connectivity index (χ3n) is 3.27. The fraction of sp³-hybridized carbons (Fsp3) is 0.0625. The molecule has 1 N–H and O–H groups in total. The molecule has 1 aromatic carbocycles. The standard InChI is InChI=1S/C16H13ClN2/c1-3-11-6-7-12(9-14(11)17)15-10(2)19-16-13(15)5-4-8-18-16/h3-9H,1H2,2H3,(H,18,19). The number of aromatic nitrogens is 2. The first-order valence-electron chi connectivity index (χ1n) is 6.06. The van der Waals surface area contributed by atoms with Gasteiger partial charge < -0.3 is 4.98 Å². The van der Waals surface area contributed by atoms with Crippen LogP contribution in [-0.4, -0.2) is 9.97 Å². The Kier molecular flexibility index (Phi) is 2.88. The quantitative estimate of drug-likeness (QED) is 0.708. The highest BCUT2D eigenvalue weighted by Crippen LogP contribution is 2.33. The van der Waals surface area contributed by atoms with E-state index in [1.54, 1.807) is 12.3 Å². The van der Waals surface area contributed by atoms with Gasteiger partial charge in [-0.25, -0.2) is 4.98 Å². The van der Waals surface area contributed by atoms with Gasteiger partial charge in [0.25, 0.3) is 0 Å². The van der Waals surface area contributed by atoms with E-state index >= 15 is 0 Å². The summed E-state index contributed by atoms with van der Waals surface area (Å²) in [5.74, 6) is 0. The van der Waals surface area contributed by atoms with Crippen molar-refractivity contribution in [2.75, 3.05) is 0 Å². The maximum absolute atomic E-state index is 6.25. The Morgan fingerprint density at radius 2 is 2.16 bits per heavy atom. The van der Waals surface area contributed by atoms with Crippen molar-refractivity contribution in [3.05, 3.63) is 59.4 Å². The van der Waals surface area contributed by atoms with Crippen LogP contribution in [0.2, 0.25) is 5.02 Å². The predicted molar refractivity (Wildman–Crippen MR) is 81.4 cm³/mol. The lowest BCUT2D eigenvalue weighted by Crippen LogP contribution is -1.82. The summed E-state index contributed by atoms with van der Waals surface area (Å²) in [7, 11) is 0. The van der Waals surface area contributed by atoms with Gasteiger partial charge in [-0.1, -0.05) is 36.4 Å². The summed E-state index contributed by atoms with van der Waals surface area (Å²) >= 11 is 6.25. The minimum absolute atomic E-state index is 0.713. The number of aromatic amines is 1. The molecule has 2 nitrogen and oxygen atoms in total. The molecule has 94 valence electrons. The van der Waals surface area contributed by atoms with E-state index in [9.17, 15) is 0 Å². The lowest BCUT2D eigenvalue weighted by molar-refractivity contribution is 1.25. The molecule has 2 heterocycles. The first-order valence-corrected chi connectivity index (χ1v) is 6.44. The van der Waals surface area contributed by atoms with Crippen molar-refractivity contribution >= 4 is 28.7 Å². The van der Waals surface area contributed by atoms with Gasteiger partial charge in [0.05, 0.1) is 0 Å². The van der Waals surface area contributed by atoms with Crippen molar-refractivity contribution in [3.8, 4) is 11.1 Å². The summed E-state index contributed by atoms with van der Waals surface area (Å²) in [6, 6.07) is 10.0. The van der Waals surface area contributed by atoms with Gasteiger partial charge in [0.1, 0.15) is 5.65 Å². The molecule has 0 atom stereocenters. The molecule has 0 aliphatic heterocycles. The van der Waals surface area contributed by atoms with Gasteiger partial charge in [0.15, 0.2) is 0 Å². The fourth-order valence-electron chi connectivity index (χ4n) is 2.37. The normalized spacial score (nSPS) is 10.8. The van der Waals surface area contributed by atoms with E-state index in [2.05, 4.69) is 28.7 Å². The van der Waals surface area contributed by atoms with Crippen molar-refractivity contribution in [1.29, 1.82) is 0 Å². The summed E-state index contributed by atoms with van der Waals surface area (Å²) in [5, 5.41) is 1.83. The van der Waals surface area contributed by atoms with Crippen molar-refractivity contribution in [2.45, 2.75) is 6.92 Å². The molecule has 0 unspecified atom stereocenters. The number of aryl methyl sites for hydroxylation is 1. The molecule has 3 aromatic rings. The van der Waals surface area contributed by atoms with Crippen LogP contribution in [0.1, 0.15) is 11.3 Å². The second kappa shape index (κ2) is 4.56. The lowest BCUT2D eigenvalue weighted by Gasteiger charge is -2.05. The summed E-state index contributed by atoms with van der Waals surface area (Å²) < 4.78 is 0. The number of halogens is 1. The Hall–Kier alpha value is -2.06. The number of fused-ring (bicyclic) bond motifs is 1. The molecule has 0 saturated heterocycles. The van der Waals surface area contributed by atoms with Crippen LogP contribution in [0.25, 0.3) is 28.2 Å². The first-order chi connectivity index (χ1) is 9.20. The lowest BCUT2D eigenvalue weighted by atomic mass is 10.0. The maximum atomic E-state index is 6.25. The molecular weight excluding hydrogens is 256 g/mol. The van der Waals surface area contributed by atoms with Crippen molar-refractivity contribution in [3.63, 3.8) is 0 Å². The van der Waals surface area contributed by atoms with Crippen LogP contribution in [0.3, 0.4) is 0 Å². The molecule has 0 bridgehead atoms. The van der Waals surface area contributed by atoms with E-state index in [0.29, 0.717) is 5.02 Å². The van der Waals surface area contributed by atoms with E-state index in [-0.39, 0.29) is 0 Å². The number of nitrogens with zero attached hydrogens (tertiary/aromatic N) is 1. The average Bonchev–Trinajstić information content (AvgIpc) is 2.74. The molecule has 3 rings (SSSR count). The predicted octanol–water partition coefficient (Wildman–Crippen LogP) is 4.83. The summed E-state index contributed by atoms with van der Waals surface area (Å²) in [6.45, 7) is 5.80. The van der Waals surface area contributed by atoms with Gasteiger partial charge in [-0.3, -0.25) is 0 Å². The molecule has 0 aliphatic rings. The summed E-state index contributed by atoms with van der Waals surface area (Å²) in [6.07, 6.45) is 3.55. The molecule has 3 heteroatoms. The number of nitrogens with one attached hydrogen (secondary N) is 1. The zero-order chi connectivity index (χ0) is 13.4. The zero-order valence-corrected chi connectivity index (χ0v) is 11.3. The van der Waals surface area contributed by atoms with E-state index in [1.807, 2.05) is 25.1 Å². The number of rotatable bonds is 2. The summed E-state index contributed by atoms with van der Waals surface area (Å²) in [4.78, 5) is 7.64. The van der Waals surface area contributed by atoms with E-state index < -0.39 is 0 Å². The van der Waals surface area contributed by atoms with Gasteiger partial charge >= 0.3 is 0 Å². The summed E-state index contributed by atoms with van der Waals surface area (Å²) in [5.41, 5.74) is 5.18. The molecule has 19 heavy (non-hydrogen) atoms. The minimum atomic E-state index is 0.713. The van der Waals surface area contributed by atoms with Gasteiger partial charge in [-0.05, 0) is 36.2 Å². The number of hydrogen-bond donors (Lipinski definition) is 1. The van der Waals surface area contributed by atoms with Crippen LogP contribution >= 0.6 is 11.6 Å². The Morgan fingerprint density at radius 1 is 1.32 bits per heavy atom. The molecular formula is C16H13ClN2. The fourth-order valence-corrected chi connectivity index (χ4v) is 2.63. The van der Waals surface area contributed by atoms with E-state index in [1.165, 1.54) is 0 Å². The molecule has 0 amide bonds. The molecule has 0 aliphatic carbocycles. The molecule has 0 fully saturated rings. The smallest absolute Gasteiger partial charge is 0.138 e. The van der Waals surface area contributed by atoms with Crippen LogP contribution in [0.4, 0.5) is 0 Å². The zero-order valence-electron chi connectivity index (χ0n) is 10.6. The molecule has 2 aromatic heterocycles. The van der Waals surface area contributed by atoms with Crippen molar-refractivity contribution in [2.24, 2.45) is 0 Å². The third kappa shape index (κ3) is 1.94. The first kappa shape index (κ1) is 12.0. The highest BCUT2D eigenvalue weighted by molar-refractivity contribution is 6.32. The van der Waals surface area contributed by atoms with Crippen LogP contribution in [-0.2, 0) is 0 Å². The monoisotopic (exact) mass is 268 g/mol. The van der Waals surface area contributed by atoms with Crippen LogP contribution in [0, 0.1) is 6.92 Å². The number of hydrogen-bond acceptors (Lipinski definition) is 1. The van der Waals surface area contributed by atoms with Crippen LogP contribution < -0.4 is 0 Å². The Morgan fingerprint density at radius 3 is 2.89 bits per heavy atom. The van der Waals surface area contributed by atoms with Gasteiger partial charge in [0.2, 0.25) is 0 Å². The van der Waals surface area contributed by atoms with E-state index in [0.717, 1.165) is 33.4 Å². The number of pyridine rings is 1. The third-order valence-corrected chi connectivity index (χ3v) is 3.59. The van der Waals surface area contributed by atoms with Gasteiger partial charge in [-0.2, -0.15) is 0 Å². The topological polar surface area (TPSA) is 28.7 Å². The molecule has 0 spiro atoms. The maximum Gasteiger partial charge on any atom is 0.138 e. The van der Waals surface area contributed by atoms with E-state index in [4.69, 9.17) is 11.6 Å². The van der Waals surface area contributed by atoms with Crippen LogP contribution in [0.15, 0.2) is 43.1 Å². The second-order valence-electron chi connectivity index (χ2n) is 4.46. The Bertz CT molecular complexity index is 772. The highest BCUT2D eigenvalue weighted by atomic mass is 35.5. The van der Waals surface area contributed by atoms with Gasteiger partial charge in [-0.15, -0.1) is 0 Å². The molecule has 0 saturated carbocycles. The van der Waals surface area contributed by atoms with Crippen molar-refractivity contribution < 1.29 is 0 Å². The molecule has 0 radical (unpaired) electrons. The second-order valence-corrected chi connectivity index (χ2v) is 4.87. The number of H-pyrrole nitrogens is 1. The Labute approximate surface area is 116 Å².